The van der Waals surface area contributed by atoms with Gasteiger partial charge in [0.2, 0.25) is 0 Å². The van der Waals surface area contributed by atoms with Crippen molar-refractivity contribution in [2.45, 2.75) is 64.5 Å². The lowest BCUT2D eigenvalue weighted by molar-refractivity contribution is -0.0956. The minimum absolute atomic E-state index is 0.0151. The summed E-state index contributed by atoms with van der Waals surface area (Å²) >= 11 is 1.75. The second kappa shape index (κ2) is 7.53. The van der Waals surface area contributed by atoms with Gasteiger partial charge in [0.15, 0.2) is 0 Å². The normalized spacial score (nSPS) is 28.4. The Hall–Kier alpha value is -0.450. The third-order valence-electron chi connectivity index (χ3n) is 4.53. The first-order valence-corrected chi connectivity index (χ1v) is 8.83. The van der Waals surface area contributed by atoms with Crippen molar-refractivity contribution in [3.05, 3.63) is 16.6 Å². The Balaban J connectivity index is 2.13. The van der Waals surface area contributed by atoms with Crippen LogP contribution in [-0.2, 0) is 11.2 Å². The van der Waals surface area contributed by atoms with Gasteiger partial charge in [-0.15, -0.1) is 11.3 Å². The zero-order valence-corrected chi connectivity index (χ0v) is 13.8. The lowest BCUT2D eigenvalue weighted by atomic mass is 9.74. The second-order valence-corrected chi connectivity index (χ2v) is 6.93. The first-order chi connectivity index (χ1) is 9.70. The largest absolute Gasteiger partial charge is 0.374 e. The van der Waals surface area contributed by atoms with Crippen LogP contribution in [0.3, 0.4) is 0 Å². The number of thiazole rings is 1. The van der Waals surface area contributed by atoms with Crippen molar-refractivity contribution in [2.75, 3.05) is 13.2 Å². The highest BCUT2D eigenvalue weighted by Gasteiger charge is 2.41. The minimum atomic E-state index is 0.0151. The summed E-state index contributed by atoms with van der Waals surface area (Å²) in [5.41, 5.74) is 1.94. The average Bonchev–Trinajstić information content (AvgIpc) is 2.94. The summed E-state index contributed by atoms with van der Waals surface area (Å²) in [6.45, 7) is 8.47. The second-order valence-electron chi connectivity index (χ2n) is 5.96. The van der Waals surface area contributed by atoms with Gasteiger partial charge in [0.05, 0.1) is 11.1 Å². The molecule has 1 unspecified atom stereocenters. The topological polar surface area (TPSA) is 34.2 Å². The quantitative estimate of drug-likeness (QED) is 0.834. The molecule has 2 rings (SSSR count). The van der Waals surface area contributed by atoms with Crippen LogP contribution in [0.4, 0.5) is 0 Å². The molecule has 0 radical (unpaired) electrons. The van der Waals surface area contributed by atoms with Gasteiger partial charge in [-0.1, -0.05) is 13.8 Å². The molecule has 0 bridgehead atoms. The highest BCUT2D eigenvalue weighted by Crippen LogP contribution is 2.38. The maximum absolute atomic E-state index is 6.30. The van der Waals surface area contributed by atoms with E-state index in [0.717, 1.165) is 25.5 Å². The van der Waals surface area contributed by atoms with Gasteiger partial charge in [0.25, 0.3) is 0 Å². The van der Waals surface area contributed by atoms with E-state index in [1.807, 2.05) is 11.7 Å². The number of likely N-dealkylation sites (N-methyl/N-ethyl adjacent to an activating group) is 1. The SMILES string of the molecule is CCNC(Cc1cncs1)C1(OCC)CCC(C)CC1. The van der Waals surface area contributed by atoms with Crippen molar-refractivity contribution in [1.29, 1.82) is 0 Å². The smallest absolute Gasteiger partial charge is 0.0838 e. The molecule has 0 amide bonds. The Labute approximate surface area is 127 Å². The van der Waals surface area contributed by atoms with Crippen LogP contribution >= 0.6 is 11.3 Å². The monoisotopic (exact) mass is 296 g/mol. The van der Waals surface area contributed by atoms with Crippen LogP contribution in [0.5, 0.6) is 0 Å². The van der Waals surface area contributed by atoms with Crippen LogP contribution in [-0.4, -0.2) is 29.8 Å². The highest BCUT2D eigenvalue weighted by molar-refractivity contribution is 7.09. The Morgan fingerprint density at radius 2 is 2.20 bits per heavy atom. The molecule has 114 valence electrons. The van der Waals surface area contributed by atoms with E-state index >= 15 is 0 Å². The van der Waals surface area contributed by atoms with Crippen LogP contribution in [0.1, 0.15) is 51.3 Å². The molecule has 1 aliphatic rings. The van der Waals surface area contributed by atoms with Gasteiger partial charge in [-0.2, -0.15) is 0 Å². The molecule has 0 aliphatic heterocycles. The van der Waals surface area contributed by atoms with Crippen LogP contribution in [0.25, 0.3) is 0 Å². The van der Waals surface area contributed by atoms with E-state index < -0.39 is 0 Å². The number of hydrogen-bond acceptors (Lipinski definition) is 4. The van der Waals surface area contributed by atoms with E-state index in [9.17, 15) is 0 Å². The van der Waals surface area contributed by atoms with Gasteiger partial charge in [-0.25, -0.2) is 0 Å². The van der Waals surface area contributed by atoms with Crippen molar-refractivity contribution < 1.29 is 4.74 Å². The summed E-state index contributed by atoms with van der Waals surface area (Å²) in [6.07, 6.45) is 7.96. The number of nitrogens with zero attached hydrogens (tertiary/aromatic N) is 1. The highest BCUT2D eigenvalue weighted by atomic mass is 32.1. The van der Waals surface area contributed by atoms with E-state index in [1.54, 1.807) is 11.3 Å². The number of hydrogen-bond donors (Lipinski definition) is 1. The predicted octanol–water partition coefficient (Wildman–Crippen LogP) is 3.65. The standard InChI is InChI=1S/C16H28N2OS/c1-4-18-15(10-14-11-17-12-20-14)16(19-5-2)8-6-13(3)7-9-16/h11-13,15,18H,4-10H2,1-3H3. The van der Waals surface area contributed by atoms with Gasteiger partial charge in [0.1, 0.15) is 0 Å². The van der Waals surface area contributed by atoms with Crippen molar-refractivity contribution in [1.82, 2.24) is 10.3 Å². The fourth-order valence-electron chi connectivity index (χ4n) is 3.37. The molecule has 3 nitrogen and oxygen atoms in total. The predicted molar refractivity (Wildman–Crippen MR) is 85.3 cm³/mol. The number of ether oxygens (including phenoxy) is 1. The third-order valence-corrected chi connectivity index (χ3v) is 5.33. The summed E-state index contributed by atoms with van der Waals surface area (Å²) in [5.74, 6) is 0.842. The van der Waals surface area contributed by atoms with Crippen molar-refractivity contribution in [3.63, 3.8) is 0 Å². The van der Waals surface area contributed by atoms with Gasteiger partial charge >= 0.3 is 0 Å². The lowest BCUT2D eigenvalue weighted by Gasteiger charge is -2.45. The summed E-state index contributed by atoms with van der Waals surface area (Å²) in [6, 6.07) is 0.403. The van der Waals surface area contributed by atoms with Gasteiger partial charge in [-0.05, 0) is 45.1 Å². The molecule has 20 heavy (non-hydrogen) atoms. The van der Waals surface area contributed by atoms with Crippen LogP contribution in [0, 0.1) is 5.92 Å². The first kappa shape index (κ1) is 15.9. The molecule has 1 atom stereocenters. The molecule has 0 spiro atoms. The Kier molecular flexibility index (Phi) is 6.00. The maximum atomic E-state index is 6.30. The van der Waals surface area contributed by atoms with Crippen molar-refractivity contribution in [2.24, 2.45) is 5.92 Å². The van der Waals surface area contributed by atoms with E-state index in [0.29, 0.717) is 6.04 Å². The minimum Gasteiger partial charge on any atom is -0.374 e. The fourth-order valence-corrected chi connectivity index (χ4v) is 4.01. The van der Waals surface area contributed by atoms with E-state index in [2.05, 4.69) is 31.1 Å². The van der Waals surface area contributed by atoms with Crippen LogP contribution in [0.2, 0.25) is 0 Å². The zero-order valence-electron chi connectivity index (χ0n) is 13.0. The summed E-state index contributed by atoms with van der Waals surface area (Å²) in [4.78, 5) is 5.57. The van der Waals surface area contributed by atoms with E-state index in [4.69, 9.17) is 4.74 Å². The van der Waals surface area contributed by atoms with Crippen LogP contribution < -0.4 is 5.32 Å². The van der Waals surface area contributed by atoms with Crippen molar-refractivity contribution in [3.8, 4) is 0 Å². The first-order valence-electron chi connectivity index (χ1n) is 7.95. The summed E-state index contributed by atoms with van der Waals surface area (Å²) < 4.78 is 6.30. The molecule has 1 fully saturated rings. The Bertz CT molecular complexity index is 372. The molecule has 1 heterocycles. The zero-order chi connectivity index (χ0) is 14.4. The van der Waals surface area contributed by atoms with Crippen LogP contribution in [0.15, 0.2) is 11.7 Å². The number of rotatable bonds is 7. The molecule has 1 aromatic rings. The van der Waals surface area contributed by atoms with Gasteiger partial charge in [0, 0.05) is 30.1 Å². The van der Waals surface area contributed by atoms with Crippen molar-refractivity contribution >= 4 is 11.3 Å². The number of aromatic nitrogens is 1. The molecular formula is C16H28N2OS. The maximum Gasteiger partial charge on any atom is 0.0838 e. The molecule has 1 saturated carbocycles. The summed E-state index contributed by atoms with van der Waals surface area (Å²) in [7, 11) is 0. The molecule has 1 aliphatic carbocycles. The van der Waals surface area contributed by atoms with E-state index in [1.165, 1.54) is 30.6 Å². The molecular weight excluding hydrogens is 268 g/mol. The molecule has 4 heteroatoms. The Morgan fingerprint density at radius 3 is 2.75 bits per heavy atom. The average molecular weight is 296 g/mol. The lowest BCUT2D eigenvalue weighted by Crippen LogP contribution is -2.55. The van der Waals surface area contributed by atoms with Gasteiger partial charge in [-0.3, -0.25) is 4.98 Å². The molecule has 1 N–H and O–H groups in total. The third kappa shape index (κ3) is 3.80. The molecule has 0 saturated heterocycles. The Morgan fingerprint density at radius 1 is 1.45 bits per heavy atom. The molecule has 1 aromatic heterocycles. The van der Waals surface area contributed by atoms with Gasteiger partial charge < -0.3 is 10.1 Å². The number of nitrogens with one attached hydrogen (secondary N) is 1. The van der Waals surface area contributed by atoms with E-state index in [-0.39, 0.29) is 5.60 Å². The summed E-state index contributed by atoms with van der Waals surface area (Å²) in [5, 5.41) is 3.68. The fraction of sp³-hybridized carbons (Fsp3) is 0.812. The molecule has 0 aromatic carbocycles.